The van der Waals surface area contributed by atoms with Crippen molar-refractivity contribution in [2.75, 3.05) is 71.5 Å². The number of rotatable bonds is 5. The lowest BCUT2D eigenvalue weighted by molar-refractivity contribution is 0.0477. The lowest BCUT2D eigenvalue weighted by atomic mass is 9.89. The minimum absolute atomic E-state index is 0.0552. The van der Waals surface area contributed by atoms with Crippen LogP contribution in [-0.2, 0) is 4.74 Å². The van der Waals surface area contributed by atoms with Gasteiger partial charge in [0.15, 0.2) is 0 Å². The van der Waals surface area contributed by atoms with Crippen LogP contribution < -0.4 is 4.90 Å². The number of anilines is 1. The number of piperidine rings is 1. The molecule has 1 N–H and O–H groups in total. The smallest absolute Gasteiger partial charge is 0.257 e. The van der Waals surface area contributed by atoms with Gasteiger partial charge in [-0.2, -0.15) is 0 Å². The molecule has 1 amide bonds. The SMILES string of the molecule is CN(C)C[C@@H]1C[C@H](CO)CN(C(=O)c2cnc(N3CCOCC3)nc2)C1. The molecule has 2 aliphatic heterocycles. The van der Waals surface area contributed by atoms with Crippen LogP contribution in [0.1, 0.15) is 16.8 Å². The Morgan fingerprint density at radius 3 is 2.50 bits per heavy atom. The Bertz CT molecular complexity index is 589. The average Bonchev–Trinajstić information content (AvgIpc) is 2.67. The fourth-order valence-corrected chi connectivity index (χ4v) is 3.81. The zero-order chi connectivity index (χ0) is 18.5. The number of morpholine rings is 1. The van der Waals surface area contributed by atoms with E-state index < -0.39 is 0 Å². The third-order valence-electron chi connectivity index (χ3n) is 4.97. The molecule has 26 heavy (non-hydrogen) atoms. The highest BCUT2D eigenvalue weighted by molar-refractivity contribution is 5.93. The van der Waals surface area contributed by atoms with E-state index in [4.69, 9.17) is 4.74 Å². The third-order valence-corrected chi connectivity index (χ3v) is 4.97. The lowest BCUT2D eigenvalue weighted by Crippen LogP contribution is -2.47. The van der Waals surface area contributed by atoms with Gasteiger partial charge in [0.2, 0.25) is 5.95 Å². The summed E-state index contributed by atoms with van der Waals surface area (Å²) in [5.41, 5.74) is 0.504. The van der Waals surface area contributed by atoms with Crippen LogP contribution in [0.4, 0.5) is 5.95 Å². The Balaban J connectivity index is 1.66. The minimum Gasteiger partial charge on any atom is -0.396 e. The number of ether oxygens (including phenoxy) is 1. The second kappa shape index (κ2) is 8.75. The van der Waals surface area contributed by atoms with E-state index in [1.165, 1.54) is 0 Å². The maximum atomic E-state index is 12.9. The largest absolute Gasteiger partial charge is 0.396 e. The van der Waals surface area contributed by atoms with Crippen LogP contribution in [0.2, 0.25) is 0 Å². The molecule has 3 rings (SSSR count). The molecule has 0 aromatic carbocycles. The van der Waals surface area contributed by atoms with E-state index in [2.05, 4.69) is 19.8 Å². The van der Waals surface area contributed by atoms with Crippen LogP contribution in [0.3, 0.4) is 0 Å². The molecule has 0 spiro atoms. The Hall–Kier alpha value is -1.77. The highest BCUT2D eigenvalue weighted by Crippen LogP contribution is 2.23. The summed E-state index contributed by atoms with van der Waals surface area (Å²) in [5, 5.41) is 9.60. The summed E-state index contributed by atoms with van der Waals surface area (Å²) >= 11 is 0. The molecule has 8 nitrogen and oxygen atoms in total. The number of aliphatic hydroxyl groups excluding tert-OH is 1. The molecule has 2 atom stereocenters. The lowest BCUT2D eigenvalue weighted by Gasteiger charge is -2.38. The molecule has 1 aromatic rings. The van der Waals surface area contributed by atoms with Gasteiger partial charge in [0.05, 0.1) is 18.8 Å². The maximum Gasteiger partial charge on any atom is 0.257 e. The molecule has 0 saturated carbocycles. The van der Waals surface area contributed by atoms with E-state index >= 15 is 0 Å². The van der Waals surface area contributed by atoms with E-state index in [1.807, 2.05) is 19.0 Å². The molecule has 2 aliphatic rings. The predicted molar refractivity (Wildman–Crippen MR) is 98.2 cm³/mol. The third kappa shape index (κ3) is 4.69. The Kier molecular flexibility index (Phi) is 6.39. The van der Waals surface area contributed by atoms with Crippen molar-refractivity contribution >= 4 is 11.9 Å². The van der Waals surface area contributed by atoms with E-state index in [9.17, 15) is 9.90 Å². The second-order valence-corrected chi connectivity index (χ2v) is 7.49. The van der Waals surface area contributed by atoms with E-state index in [-0.39, 0.29) is 18.4 Å². The van der Waals surface area contributed by atoms with Crippen LogP contribution in [0.5, 0.6) is 0 Å². The molecule has 0 aliphatic carbocycles. The van der Waals surface area contributed by atoms with Crippen molar-refractivity contribution in [2.24, 2.45) is 11.8 Å². The fourth-order valence-electron chi connectivity index (χ4n) is 3.81. The molecule has 2 saturated heterocycles. The molecule has 0 unspecified atom stereocenters. The van der Waals surface area contributed by atoms with Crippen LogP contribution in [0.15, 0.2) is 12.4 Å². The summed E-state index contributed by atoms with van der Waals surface area (Å²) in [6, 6.07) is 0. The highest BCUT2D eigenvalue weighted by Gasteiger charge is 2.30. The molecule has 0 bridgehead atoms. The number of likely N-dealkylation sites (tertiary alicyclic amines) is 1. The summed E-state index contributed by atoms with van der Waals surface area (Å²) in [5.74, 6) is 1.09. The van der Waals surface area contributed by atoms with Crippen molar-refractivity contribution in [1.29, 1.82) is 0 Å². The number of aromatic nitrogens is 2. The first-order valence-corrected chi connectivity index (χ1v) is 9.26. The van der Waals surface area contributed by atoms with Crippen molar-refractivity contribution in [3.8, 4) is 0 Å². The maximum absolute atomic E-state index is 12.9. The van der Waals surface area contributed by atoms with Crippen LogP contribution in [0, 0.1) is 11.8 Å². The van der Waals surface area contributed by atoms with Gasteiger partial charge in [-0.1, -0.05) is 0 Å². The number of nitrogens with zero attached hydrogens (tertiary/aromatic N) is 5. The zero-order valence-corrected chi connectivity index (χ0v) is 15.7. The zero-order valence-electron chi connectivity index (χ0n) is 15.7. The van der Waals surface area contributed by atoms with Gasteiger partial charge in [0.25, 0.3) is 5.91 Å². The molecule has 0 radical (unpaired) electrons. The van der Waals surface area contributed by atoms with Crippen molar-refractivity contribution in [3.63, 3.8) is 0 Å². The van der Waals surface area contributed by atoms with Crippen LogP contribution >= 0.6 is 0 Å². The minimum atomic E-state index is -0.0552. The monoisotopic (exact) mass is 363 g/mol. The van der Waals surface area contributed by atoms with Crippen molar-refractivity contribution < 1.29 is 14.6 Å². The molecular formula is C18H29N5O3. The topological polar surface area (TPSA) is 82.0 Å². The quantitative estimate of drug-likeness (QED) is 0.785. The van der Waals surface area contributed by atoms with E-state index in [0.717, 1.165) is 26.1 Å². The normalized spacial score (nSPS) is 24.2. The molecule has 1 aromatic heterocycles. The van der Waals surface area contributed by atoms with Crippen molar-refractivity contribution in [3.05, 3.63) is 18.0 Å². The predicted octanol–water partition coefficient (Wildman–Crippen LogP) is -0.0546. The van der Waals surface area contributed by atoms with Crippen LogP contribution in [-0.4, -0.2) is 97.4 Å². The fraction of sp³-hybridized carbons (Fsp3) is 0.722. The van der Waals surface area contributed by atoms with E-state index in [0.29, 0.717) is 43.7 Å². The summed E-state index contributed by atoms with van der Waals surface area (Å²) in [4.78, 5) is 27.7. The Morgan fingerprint density at radius 1 is 1.23 bits per heavy atom. The van der Waals surface area contributed by atoms with Crippen molar-refractivity contribution in [1.82, 2.24) is 19.8 Å². The standard InChI is InChI=1S/C18H29N5O3/c1-21(2)10-14-7-15(13-24)12-23(11-14)17(25)16-8-19-18(20-9-16)22-3-5-26-6-4-22/h8-9,14-15,24H,3-7,10-13H2,1-2H3/t14-,15-/m0/s1. The molecule has 8 heteroatoms. The van der Waals surface area contributed by atoms with Gasteiger partial charge in [0, 0.05) is 51.7 Å². The van der Waals surface area contributed by atoms with Gasteiger partial charge < -0.3 is 24.5 Å². The number of carbonyl (C=O) groups excluding carboxylic acids is 1. The Labute approximate surface area is 154 Å². The molecule has 144 valence electrons. The van der Waals surface area contributed by atoms with E-state index in [1.54, 1.807) is 12.4 Å². The first-order chi connectivity index (χ1) is 12.6. The first-order valence-electron chi connectivity index (χ1n) is 9.26. The number of carbonyl (C=O) groups is 1. The summed E-state index contributed by atoms with van der Waals surface area (Å²) < 4.78 is 5.34. The number of hydrogen-bond donors (Lipinski definition) is 1. The number of aliphatic hydroxyl groups is 1. The van der Waals surface area contributed by atoms with Gasteiger partial charge in [-0.15, -0.1) is 0 Å². The Morgan fingerprint density at radius 2 is 1.88 bits per heavy atom. The molecule has 2 fully saturated rings. The highest BCUT2D eigenvalue weighted by atomic mass is 16.5. The first kappa shape index (κ1) is 19.0. The van der Waals surface area contributed by atoms with Gasteiger partial charge >= 0.3 is 0 Å². The molecular weight excluding hydrogens is 334 g/mol. The van der Waals surface area contributed by atoms with Gasteiger partial charge in [-0.3, -0.25) is 4.79 Å². The number of hydrogen-bond acceptors (Lipinski definition) is 7. The summed E-state index contributed by atoms with van der Waals surface area (Å²) in [7, 11) is 4.07. The van der Waals surface area contributed by atoms with Crippen molar-refractivity contribution in [2.45, 2.75) is 6.42 Å². The molecule has 3 heterocycles. The number of amides is 1. The second-order valence-electron chi connectivity index (χ2n) is 7.49. The average molecular weight is 363 g/mol. The van der Waals surface area contributed by atoms with Gasteiger partial charge in [-0.05, 0) is 32.4 Å². The summed E-state index contributed by atoms with van der Waals surface area (Å²) in [6.07, 6.45) is 4.18. The summed E-state index contributed by atoms with van der Waals surface area (Å²) in [6.45, 7) is 5.20. The van der Waals surface area contributed by atoms with Gasteiger partial charge in [0.1, 0.15) is 0 Å². The van der Waals surface area contributed by atoms with Gasteiger partial charge in [-0.25, -0.2) is 9.97 Å². The van der Waals surface area contributed by atoms with Crippen LogP contribution in [0.25, 0.3) is 0 Å².